The van der Waals surface area contributed by atoms with Gasteiger partial charge in [0.25, 0.3) is 0 Å². The predicted molar refractivity (Wildman–Crippen MR) is 78.6 cm³/mol. The first-order valence-electron chi connectivity index (χ1n) is 7.03. The number of ether oxygens (including phenoxy) is 1. The van der Waals surface area contributed by atoms with Crippen LogP contribution in [0.5, 0.6) is 0 Å². The zero-order valence-electron chi connectivity index (χ0n) is 12.0. The van der Waals surface area contributed by atoms with E-state index in [0.29, 0.717) is 12.1 Å². The standard InChI is InChI=1S/C14H22N2O3S/c1-3-4-13-9-11(7-8-19-13)16-12-5-6-14(15-10-12)20(2,17)18/h5-6,10-11,13,16H,3-4,7-9H2,1-2H3. The van der Waals surface area contributed by atoms with Crippen molar-refractivity contribution < 1.29 is 13.2 Å². The quantitative estimate of drug-likeness (QED) is 0.903. The summed E-state index contributed by atoms with van der Waals surface area (Å²) in [5.41, 5.74) is 0.861. The van der Waals surface area contributed by atoms with Crippen LogP contribution in [0.4, 0.5) is 5.69 Å². The highest BCUT2D eigenvalue weighted by atomic mass is 32.2. The summed E-state index contributed by atoms with van der Waals surface area (Å²) in [4.78, 5) is 3.99. The van der Waals surface area contributed by atoms with E-state index in [1.54, 1.807) is 18.3 Å². The van der Waals surface area contributed by atoms with Crippen LogP contribution in [-0.4, -0.2) is 38.4 Å². The van der Waals surface area contributed by atoms with Crippen molar-refractivity contribution in [1.82, 2.24) is 4.98 Å². The van der Waals surface area contributed by atoms with Crippen molar-refractivity contribution in [3.05, 3.63) is 18.3 Å². The summed E-state index contributed by atoms with van der Waals surface area (Å²) in [5.74, 6) is 0. The van der Waals surface area contributed by atoms with Gasteiger partial charge in [0.05, 0.1) is 18.0 Å². The fourth-order valence-corrected chi connectivity index (χ4v) is 3.01. The van der Waals surface area contributed by atoms with Gasteiger partial charge in [0.2, 0.25) is 0 Å². The summed E-state index contributed by atoms with van der Waals surface area (Å²) in [6.07, 6.45) is 7.24. The molecule has 1 fully saturated rings. The number of sulfone groups is 1. The number of anilines is 1. The molecule has 112 valence electrons. The molecule has 1 N–H and O–H groups in total. The molecule has 0 bridgehead atoms. The highest BCUT2D eigenvalue weighted by molar-refractivity contribution is 7.90. The Kier molecular flexibility index (Phi) is 4.99. The Balaban J connectivity index is 1.96. The van der Waals surface area contributed by atoms with E-state index in [1.807, 2.05) is 0 Å². The molecule has 0 radical (unpaired) electrons. The van der Waals surface area contributed by atoms with E-state index in [1.165, 1.54) is 0 Å². The van der Waals surface area contributed by atoms with Gasteiger partial charge in [-0.1, -0.05) is 13.3 Å². The maximum absolute atomic E-state index is 11.3. The van der Waals surface area contributed by atoms with E-state index in [0.717, 1.165) is 44.2 Å². The molecule has 2 unspecified atom stereocenters. The molecule has 1 saturated heterocycles. The molecule has 0 spiro atoms. The van der Waals surface area contributed by atoms with E-state index in [-0.39, 0.29) is 5.03 Å². The van der Waals surface area contributed by atoms with Gasteiger partial charge in [0, 0.05) is 18.9 Å². The van der Waals surface area contributed by atoms with Gasteiger partial charge in [-0.2, -0.15) is 0 Å². The lowest BCUT2D eigenvalue weighted by atomic mass is 10.00. The van der Waals surface area contributed by atoms with Crippen molar-refractivity contribution >= 4 is 15.5 Å². The fourth-order valence-electron chi connectivity index (χ4n) is 2.46. The van der Waals surface area contributed by atoms with Gasteiger partial charge in [-0.15, -0.1) is 0 Å². The maximum Gasteiger partial charge on any atom is 0.192 e. The lowest BCUT2D eigenvalue weighted by molar-refractivity contribution is 0.00597. The smallest absolute Gasteiger partial charge is 0.192 e. The molecule has 20 heavy (non-hydrogen) atoms. The van der Waals surface area contributed by atoms with Crippen LogP contribution in [0, 0.1) is 0 Å². The molecule has 0 aliphatic carbocycles. The second-order valence-electron chi connectivity index (χ2n) is 5.30. The average molecular weight is 298 g/mol. The molecule has 0 saturated carbocycles. The number of nitrogens with zero attached hydrogens (tertiary/aromatic N) is 1. The first kappa shape index (κ1) is 15.3. The number of rotatable bonds is 5. The van der Waals surface area contributed by atoms with E-state index < -0.39 is 9.84 Å². The van der Waals surface area contributed by atoms with E-state index in [2.05, 4.69) is 17.2 Å². The summed E-state index contributed by atoms with van der Waals surface area (Å²) in [5, 5.41) is 3.52. The molecular weight excluding hydrogens is 276 g/mol. The third-order valence-corrected chi connectivity index (χ3v) is 4.47. The number of hydrogen-bond acceptors (Lipinski definition) is 5. The van der Waals surface area contributed by atoms with Crippen LogP contribution >= 0.6 is 0 Å². The molecule has 2 rings (SSSR count). The van der Waals surface area contributed by atoms with Gasteiger partial charge in [0.15, 0.2) is 14.9 Å². The minimum atomic E-state index is -3.23. The van der Waals surface area contributed by atoms with Crippen LogP contribution in [0.1, 0.15) is 32.6 Å². The monoisotopic (exact) mass is 298 g/mol. The van der Waals surface area contributed by atoms with Crippen molar-refractivity contribution in [2.24, 2.45) is 0 Å². The SMILES string of the molecule is CCCC1CC(Nc2ccc(S(C)(=O)=O)nc2)CCO1. The van der Waals surface area contributed by atoms with E-state index >= 15 is 0 Å². The molecule has 1 aliphatic rings. The van der Waals surface area contributed by atoms with Crippen molar-refractivity contribution in [3.63, 3.8) is 0 Å². The predicted octanol–water partition coefficient (Wildman–Crippen LogP) is 2.24. The van der Waals surface area contributed by atoms with Crippen LogP contribution in [-0.2, 0) is 14.6 Å². The number of aromatic nitrogens is 1. The maximum atomic E-state index is 11.3. The minimum Gasteiger partial charge on any atom is -0.381 e. The van der Waals surface area contributed by atoms with Crippen LogP contribution in [0.25, 0.3) is 0 Å². The second kappa shape index (κ2) is 6.54. The molecule has 1 aliphatic heterocycles. The Morgan fingerprint density at radius 1 is 1.45 bits per heavy atom. The van der Waals surface area contributed by atoms with Crippen molar-refractivity contribution in [2.75, 3.05) is 18.2 Å². The van der Waals surface area contributed by atoms with E-state index in [4.69, 9.17) is 4.74 Å². The van der Waals surface area contributed by atoms with Gasteiger partial charge >= 0.3 is 0 Å². The van der Waals surface area contributed by atoms with Gasteiger partial charge < -0.3 is 10.1 Å². The van der Waals surface area contributed by atoms with Gasteiger partial charge in [-0.3, -0.25) is 0 Å². The molecule has 0 aromatic carbocycles. The first-order valence-corrected chi connectivity index (χ1v) is 8.92. The summed E-state index contributed by atoms with van der Waals surface area (Å²) >= 11 is 0. The zero-order valence-corrected chi connectivity index (χ0v) is 12.8. The summed E-state index contributed by atoms with van der Waals surface area (Å²) < 4.78 is 28.4. The molecule has 1 aromatic heterocycles. The first-order chi connectivity index (χ1) is 9.49. The lowest BCUT2D eigenvalue weighted by Crippen LogP contribution is -2.34. The minimum absolute atomic E-state index is 0.110. The molecule has 1 aromatic rings. The number of pyridine rings is 1. The van der Waals surface area contributed by atoms with Gasteiger partial charge in [0.1, 0.15) is 0 Å². The Hall–Kier alpha value is -1.14. The Labute approximate surface area is 120 Å². The molecule has 2 atom stereocenters. The molecular formula is C14H22N2O3S. The average Bonchev–Trinajstić information content (AvgIpc) is 2.39. The summed E-state index contributed by atoms with van der Waals surface area (Å²) in [6.45, 7) is 2.94. The summed E-state index contributed by atoms with van der Waals surface area (Å²) in [7, 11) is -3.23. The molecule has 0 amide bonds. The van der Waals surface area contributed by atoms with Crippen LogP contribution in [0.3, 0.4) is 0 Å². The van der Waals surface area contributed by atoms with Crippen LogP contribution in [0.15, 0.2) is 23.4 Å². The van der Waals surface area contributed by atoms with Crippen molar-refractivity contribution in [2.45, 2.75) is 49.8 Å². The highest BCUT2D eigenvalue weighted by Gasteiger charge is 2.21. The van der Waals surface area contributed by atoms with Gasteiger partial charge in [-0.25, -0.2) is 13.4 Å². The van der Waals surface area contributed by atoms with Gasteiger partial charge in [-0.05, 0) is 31.4 Å². The largest absolute Gasteiger partial charge is 0.381 e. The lowest BCUT2D eigenvalue weighted by Gasteiger charge is -2.30. The Morgan fingerprint density at radius 3 is 2.85 bits per heavy atom. The van der Waals surface area contributed by atoms with Crippen LogP contribution in [0.2, 0.25) is 0 Å². The van der Waals surface area contributed by atoms with Crippen molar-refractivity contribution in [1.29, 1.82) is 0 Å². The highest BCUT2D eigenvalue weighted by Crippen LogP contribution is 2.21. The normalized spacial score (nSPS) is 23.5. The van der Waals surface area contributed by atoms with Crippen molar-refractivity contribution in [3.8, 4) is 0 Å². The molecule has 6 heteroatoms. The fraction of sp³-hybridized carbons (Fsp3) is 0.643. The third-order valence-electron chi connectivity index (χ3n) is 3.46. The zero-order chi connectivity index (χ0) is 14.6. The van der Waals surface area contributed by atoms with E-state index in [9.17, 15) is 8.42 Å². The topological polar surface area (TPSA) is 68.3 Å². The number of hydrogen-bond donors (Lipinski definition) is 1. The molecule has 5 nitrogen and oxygen atoms in total. The Morgan fingerprint density at radius 2 is 2.25 bits per heavy atom. The number of nitrogens with one attached hydrogen (secondary N) is 1. The summed E-state index contributed by atoms with van der Waals surface area (Å²) in [6, 6.07) is 3.68. The Bertz CT molecular complexity index is 526. The third kappa shape index (κ3) is 4.18. The second-order valence-corrected chi connectivity index (χ2v) is 7.27. The molecule has 2 heterocycles. The van der Waals surface area contributed by atoms with Crippen LogP contribution < -0.4 is 5.32 Å².